The second-order valence-corrected chi connectivity index (χ2v) is 2.68. The molecule has 0 aliphatic rings. The Bertz CT molecular complexity index is 414. The maximum atomic E-state index is 11.2. The number of benzene rings is 1. The number of hydrogen-bond acceptors (Lipinski definition) is 2. The molecule has 1 heterocycles. The van der Waals surface area contributed by atoms with Crippen molar-refractivity contribution in [1.29, 1.82) is 0 Å². The summed E-state index contributed by atoms with van der Waals surface area (Å²) in [5.41, 5.74) is 1.68. The van der Waals surface area contributed by atoms with Crippen LogP contribution in [0.5, 0.6) is 0 Å². The Kier molecular flexibility index (Phi) is 1.73. The number of nitrogens with zero attached hydrogens (tertiary/aromatic N) is 1. The quantitative estimate of drug-likeness (QED) is 0.677. The zero-order valence-electron chi connectivity index (χ0n) is 7.16. The second-order valence-electron chi connectivity index (χ2n) is 2.68. The lowest BCUT2D eigenvalue weighted by Crippen LogP contribution is -2.19. The van der Waals surface area contributed by atoms with Gasteiger partial charge in [-0.3, -0.25) is 4.79 Å². The number of nitrogens with one attached hydrogen (secondary N) is 2. The summed E-state index contributed by atoms with van der Waals surface area (Å²) in [6.45, 7) is 0. The van der Waals surface area contributed by atoms with E-state index in [9.17, 15) is 4.79 Å². The van der Waals surface area contributed by atoms with Crippen LogP contribution in [0.4, 0.5) is 0 Å². The summed E-state index contributed by atoms with van der Waals surface area (Å²) in [7, 11) is 1.58. The highest BCUT2D eigenvalue weighted by Gasteiger charge is 2.07. The monoisotopic (exact) mass is 175 g/mol. The van der Waals surface area contributed by atoms with Gasteiger partial charge in [-0.2, -0.15) is 0 Å². The van der Waals surface area contributed by atoms with E-state index in [4.69, 9.17) is 0 Å². The normalized spacial score (nSPS) is 10.2. The largest absolute Gasteiger partial charge is 0.352 e. The molecule has 0 atom stereocenters. The van der Waals surface area contributed by atoms with Crippen molar-refractivity contribution in [3.8, 4) is 0 Å². The van der Waals surface area contributed by atoms with Crippen LogP contribution in [0.25, 0.3) is 11.0 Å². The second kappa shape index (κ2) is 2.90. The van der Waals surface area contributed by atoms with Gasteiger partial charge in [0.25, 0.3) is 5.91 Å². The first kappa shape index (κ1) is 7.79. The lowest BCUT2D eigenvalue weighted by molar-refractivity contribution is 0.0954. The average molecular weight is 175 g/mol. The van der Waals surface area contributed by atoms with Gasteiger partial charge in [0, 0.05) is 7.05 Å². The first-order valence-electron chi connectivity index (χ1n) is 3.98. The molecule has 4 heteroatoms. The van der Waals surface area contributed by atoms with Crippen molar-refractivity contribution in [2.45, 2.75) is 0 Å². The molecule has 0 bridgehead atoms. The van der Waals surface area contributed by atoms with Crippen molar-refractivity contribution in [2.24, 2.45) is 0 Å². The Morgan fingerprint density at radius 1 is 1.46 bits per heavy atom. The van der Waals surface area contributed by atoms with Crippen LogP contribution in [-0.2, 0) is 0 Å². The van der Waals surface area contributed by atoms with Crippen LogP contribution in [0.1, 0.15) is 10.6 Å². The summed E-state index contributed by atoms with van der Waals surface area (Å²) in [4.78, 5) is 18.2. The number of aromatic amines is 1. The maximum absolute atomic E-state index is 11.2. The molecule has 66 valence electrons. The van der Waals surface area contributed by atoms with E-state index in [2.05, 4.69) is 15.3 Å². The van der Waals surface area contributed by atoms with Crippen LogP contribution in [0, 0.1) is 0 Å². The first-order chi connectivity index (χ1) is 6.31. The number of amides is 1. The number of hydrogen-bond donors (Lipinski definition) is 2. The Morgan fingerprint density at radius 3 is 2.92 bits per heavy atom. The highest BCUT2D eigenvalue weighted by atomic mass is 16.2. The molecule has 2 N–H and O–H groups in total. The van der Waals surface area contributed by atoms with Gasteiger partial charge in [-0.25, -0.2) is 4.98 Å². The van der Waals surface area contributed by atoms with Gasteiger partial charge in [-0.1, -0.05) is 12.1 Å². The standard InChI is InChI=1S/C9H9N3O/c1-10-9(13)8-11-6-4-2-3-5-7(6)12-8/h2-5H,1H3,(H,10,13)(H,11,12). The maximum Gasteiger partial charge on any atom is 0.286 e. The van der Waals surface area contributed by atoms with Gasteiger partial charge in [-0.15, -0.1) is 0 Å². The molecule has 2 aromatic rings. The third-order valence-corrected chi connectivity index (χ3v) is 1.83. The predicted octanol–water partition coefficient (Wildman–Crippen LogP) is 0.923. The molecule has 2 rings (SSSR count). The molecule has 1 aromatic heterocycles. The smallest absolute Gasteiger partial charge is 0.286 e. The van der Waals surface area contributed by atoms with Crippen LogP contribution in [0.2, 0.25) is 0 Å². The molecular formula is C9H9N3O. The zero-order chi connectivity index (χ0) is 9.26. The molecule has 0 spiro atoms. The third-order valence-electron chi connectivity index (χ3n) is 1.83. The number of rotatable bonds is 1. The van der Waals surface area contributed by atoms with Gasteiger partial charge in [0.2, 0.25) is 0 Å². The number of carbonyl (C=O) groups excluding carboxylic acids is 1. The average Bonchev–Trinajstić information content (AvgIpc) is 2.59. The molecule has 0 unspecified atom stereocenters. The lowest BCUT2D eigenvalue weighted by Gasteiger charge is -1.90. The van der Waals surface area contributed by atoms with Crippen molar-refractivity contribution < 1.29 is 4.79 Å². The highest BCUT2D eigenvalue weighted by molar-refractivity contribution is 5.93. The minimum Gasteiger partial charge on any atom is -0.352 e. The van der Waals surface area contributed by atoms with Gasteiger partial charge < -0.3 is 10.3 Å². The van der Waals surface area contributed by atoms with Crippen molar-refractivity contribution in [2.75, 3.05) is 7.05 Å². The van der Waals surface area contributed by atoms with Crippen LogP contribution >= 0.6 is 0 Å². The molecule has 0 aliphatic carbocycles. The van der Waals surface area contributed by atoms with Crippen LogP contribution in [0.15, 0.2) is 24.3 Å². The summed E-state index contributed by atoms with van der Waals surface area (Å²) in [5.74, 6) is 0.153. The first-order valence-corrected chi connectivity index (χ1v) is 3.98. The van der Waals surface area contributed by atoms with Gasteiger partial charge in [-0.05, 0) is 12.1 Å². The lowest BCUT2D eigenvalue weighted by atomic mass is 10.3. The topological polar surface area (TPSA) is 57.8 Å². The number of para-hydroxylation sites is 2. The fourth-order valence-corrected chi connectivity index (χ4v) is 1.18. The molecule has 0 saturated carbocycles. The van der Waals surface area contributed by atoms with Crippen LogP contribution in [0.3, 0.4) is 0 Å². The number of carbonyl (C=O) groups is 1. The van der Waals surface area contributed by atoms with Gasteiger partial charge >= 0.3 is 0 Å². The summed E-state index contributed by atoms with van der Waals surface area (Å²) >= 11 is 0. The molecular weight excluding hydrogens is 166 g/mol. The van der Waals surface area contributed by atoms with Gasteiger partial charge in [0.15, 0.2) is 5.82 Å². The minimum atomic E-state index is -0.198. The highest BCUT2D eigenvalue weighted by Crippen LogP contribution is 2.09. The van der Waals surface area contributed by atoms with E-state index in [0.29, 0.717) is 5.82 Å². The summed E-state index contributed by atoms with van der Waals surface area (Å²) in [6.07, 6.45) is 0. The Balaban J connectivity index is 2.56. The fourth-order valence-electron chi connectivity index (χ4n) is 1.18. The Labute approximate surface area is 75.0 Å². The van der Waals surface area contributed by atoms with Gasteiger partial charge in [0.1, 0.15) is 0 Å². The molecule has 0 fully saturated rings. The van der Waals surface area contributed by atoms with E-state index >= 15 is 0 Å². The van der Waals surface area contributed by atoms with E-state index < -0.39 is 0 Å². The number of H-pyrrole nitrogens is 1. The number of imidazole rings is 1. The minimum absolute atomic E-state index is 0.198. The van der Waals surface area contributed by atoms with E-state index in [0.717, 1.165) is 11.0 Å². The van der Waals surface area contributed by atoms with Crippen molar-refractivity contribution in [1.82, 2.24) is 15.3 Å². The Morgan fingerprint density at radius 2 is 2.23 bits per heavy atom. The van der Waals surface area contributed by atoms with E-state index in [-0.39, 0.29) is 5.91 Å². The van der Waals surface area contributed by atoms with Crippen molar-refractivity contribution in [3.63, 3.8) is 0 Å². The van der Waals surface area contributed by atoms with E-state index in [1.54, 1.807) is 7.05 Å². The predicted molar refractivity (Wildman–Crippen MR) is 49.5 cm³/mol. The van der Waals surface area contributed by atoms with Crippen molar-refractivity contribution in [3.05, 3.63) is 30.1 Å². The van der Waals surface area contributed by atoms with Crippen molar-refractivity contribution >= 4 is 16.9 Å². The zero-order valence-corrected chi connectivity index (χ0v) is 7.16. The van der Waals surface area contributed by atoms with Gasteiger partial charge in [0.05, 0.1) is 11.0 Å². The molecule has 0 radical (unpaired) electrons. The molecule has 1 aromatic carbocycles. The summed E-state index contributed by atoms with van der Waals surface area (Å²) < 4.78 is 0. The van der Waals surface area contributed by atoms with E-state index in [1.165, 1.54) is 0 Å². The molecule has 0 aliphatic heterocycles. The van der Waals surface area contributed by atoms with E-state index in [1.807, 2.05) is 24.3 Å². The SMILES string of the molecule is CNC(=O)c1nc2ccccc2[nH]1. The summed E-state index contributed by atoms with van der Waals surface area (Å²) in [6, 6.07) is 7.53. The number of fused-ring (bicyclic) bond motifs is 1. The van der Waals surface area contributed by atoms with Crippen LogP contribution < -0.4 is 5.32 Å². The number of aromatic nitrogens is 2. The third kappa shape index (κ3) is 1.26. The van der Waals surface area contributed by atoms with Crippen LogP contribution in [-0.4, -0.2) is 22.9 Å². The fraction of sp³-hybridized carbons (Fsp3) is 0.111. The molecule has 0 saturated heterocycles. The molecule has 13 heavy (non-hydrogen) atoms. The summed E-state index contributed by atoms with van der Waals surface area (Å²) in [5, 5.41) is 2.51. The molecule has 1 amide bonds. The Hall–Kier alpha value is -1.84. The molecule has 4 nitrogen and oxygen atoms in total.